The normalized spacial score (nSPS) is 11.6. The third kappa shape index (κ3) is 2.77. The molecule has 0 spiro atoms. The Balaban J connectivity index is 3.14. The molecule has 1 amide bonds. The molecule has 4 N–H and O–H groups in total. The highest BCUT2D eigenvalue weighted by Crippen LogP contribution is 2.28. The Morgan fingerprint density at radius 3 is 2.59 bits per heavy atom. The smallest absolute Gasteiger partial charge is 0.353 e. The average molecular weight is 240 g/mol. The first kappa shape index (κ1) is 12.6. The lowest BCUT2D eigenvalue weighted by molar-refractivity contribution is -0.383. The quantitative estimate of drug-likeness (QED) is 0.475. The first-order valence-corrected chi connectivity index (χ1v) is 4.70. The molecule has 0 saturated heterocycles. The van der Waals surface area contributed by atoms with Crippen molar-refractivity contribution in [3.63, 3.8) is 0 Å². The van der Waals surface area contributed by atoms with Crippen LogP contribution in [0.25, 0.3) is 0 Å². The molecule has 1 heterocycles. The predicted molar refractivity (Wildman–Crippen MR) is 60.5 cm³/mol. The summed E-state index contributed by atoms with van der Waals surface area (Å²) in [5.41, 5.74) is 4.72. The summed E-state index contributed by atoms with van der Waals surface area (Å²) in [7, 11) is 1.50. The minimum Gasteiger partial charge on any atom is -0.368 e. The van der Waals surface area contributed by atoms with Gasteiger partial charge in [-0.2, -0.15) is 0 Å². The summed E-state index contributed by atoms with van der Waals surface area (Å²) in [6.45, 7) is 1.48. The van der Waals surface area contributed by atoms with Crippen LogP contribution in [0.15, 0.2) is 6.33 Å². The van der Waals surface area contributed by atoms with Gasteiger partial charge in [-0.25, -0.2) is 9.97 Å². The van der Waals surface area contributed by atoms with Crippen LogP contribution in [0.1, 0.15) is 6.92 Å². The van der Waals surface area contributed by atoms with Gasteiger partial charge in [-0.05, 0) is 6.92 Å². The van der Waals surface area contributed by atoms with Crippen LogP contribution in [0.2, 0.25) is 0 Å². The van der Waals surface area contributed by atoms with E-state index in [1.165, 1.54) is 14.0 Å². The van der Waals surface area contributed by atoms with Crippen LogP contribution in [-0.2, 0) is 4.79 Å². The van der Waals surface area contributed by atoms with E-state index in [2.05, 4.69) is 20.6 Å². The molecule has 0 saturated carbocycles. The number of nitrogens with two attached hydrogens (primary N) is 1. The zero-order valence-corrected chi connectivity index (χ0v) is 9.30. The fourth-order valence-corrected chi connectivity index (χ4v) is 1.12. The van der Waals surface area contributed by atoms with Crippen LogP contribution in [0, 0.1) is 10.1 Å². The number of amides is 1. The molecule has 0 aliphatic heterocycles. The van der Waals surface area contributed by atoms with Crippen molar-refractivity contribution >= 4 is 23.2 Å². The van der Waals surface area contributed by atoms with Crippen molar-refractivity contribution in [1.82, 2.24) is 9.97 Å². The maximum atomic E-state index is 10.9. The van der Waals surface area contributed by atoms with E-state index in [4.69, 9.17) is 5.73 Å². The van der Waals surface area contributed by atoms with Gasteiger partial charge in [-0.1, -0.05) is 0 Å². The van der Waals surface area contributed by atoms with Gasteiger partial charge < -0.3 is 16.4 Å². The number of nitro groups is 1. The summed E-state index contributed by atoms with van der Waals surface area (Å²) in [5.74, 6) is -0.631. The highest BCUT2D eigenvalue weighted by molar-refractivity contribution is 5.83. The van der Waals surface area contributed by atoms with Gasteiger partial charge in [0, 0.05) is 7.05 Å². The Bertz CT molecular complexity index is 449. The Morgan fingerprint density at radius 1 is 1.53 bits per heavy atom. The fraction of sp³-hybridized carbons (Fsp3) is 0.375. The largest absolute Gasteiger partial charge is 0.368 e. The maximum Gasteiger partial charge on any atom is 0.353 e. The van der Waals surface area contributed by atoms with Crippen LogP contribution >= 0.6 is 0 Å². The highest BCUT2D eigenvalue weighted by atomic mass is 16.6. The van der Waals surface area contributed by atoms with Gasteiger partial charge in [-0.3, -0.25) is 14.9 Å². The number of rotatable bonds is 5. The van der Waals surface area contributed by atoms with E-state index in [1.807, 2.05) is 0 Å². The van der Waals surface area contributed by atoms with E-state index in [9.17, 15) is 14.9 Å². The number of hydrogen-bond acceptors (Lipinski definition) is 7. The van der Waals surface area contributed by atoms with Gasteiger partial charge >= 0.3 is 5.69 Å². The molecule has 0 aliphatic carbocycles. The Morgan fingerprint density at radius 2 is 2.12 bits per heavy atom. The number of carbonyl (C=O) groups excluding carboxylic acids is 1. The van der Waals surface area contributed by atoms with Crippen LogP contribution < -0.4 is 16.4 Å². The molecule has 9 heteroatoms. The van der Waals surface area contributed by atoms with Gasteiger partial charge in [0.05, 0.1) is 4.92 Å². The number of carbonyl (C=O) groups is 1. The van der Waals surface area contributed by atoms with Gasteiger partial charge in [0.1, 0.15) is 12.4 Å². The average Bonchev–Trinajstić information content (AvgIpc) is 2.27. The first-order chi connectivity index (χ1) is 7.97. The Kier molecular flexibility index (Phi) is 3.75. The monoisotopic (exact) mass is 240 g/mol. The van der Waals surface area contributed by atoms with Crippen LogP contribution in [0.3, 0.4) is 0 Å². The van der Waals surface area contributed by atoms with Crippen LogP contribution in [0.4, 0.5) is 17.3 Å². The molecule has 0 aromatic carbocycles. The van der Waals surface area contributed by atoms with Crippen molar-refractivity contribution in [1.29, 1.82) is 0 Å². The number of nitrogens with one attached hydrogen (secondary N) is 2. The SMILES string of the molecule is CNc1ncnc(NC(C)C(N)=O)c1[N+](=O)[O-]. The highest BCUT2D eigenvalue weighted by Gasteiger charge is 2.24. The Labute approximate surface area is 96.6 Å². The molecular formula is C8H12N6O3. The summed E-state index contributed by atoms with van der Waals surface area (Å²) >= 11 is 0. The zero-order valence-electron chi connectivity index (χ0n) is 9.30. The molecule has 9 nitrogen and oxygen atoms in total. The van der Waals surface area contributed by atoms with E-state index in [0.717, 1.165) is 6.33 Å². The summed E-state index contributed by atoms with van der Waals surface area (Å²) in [5, 5.41) is 16.0. The molecule has 92 valence electrons. The Hall–Kier alpha value is -2.45. The van der Waals surface area contributed by atoms with E-state index in [-0.39, 0.29) is 17.3 Å². The number of aromatic nitrogens is 2. The zero-order chi connectivity index (χ0) is 13.0. The second kappa shape index (κ2) is 5.05. The lowest BCUT2D eigenvalue weighted by atomic mass is 10.3. The molecule has 1 atom stereocenters. The maximum absolute atomic E-state index is 10.9. The van der Waals surface area contributed by atoms with Gasteiger partial charge in [0.2, 0.25) is 17.5 Å². The summed E-state index contributed by atoms with van der Waals surface area (Å²) in [6, 6.07) is -0.770. The molecule has 1 unspecified atom stereocenters. The van der Waals surface area contributed by atoms with Gasteiger partial charge in [-0.15, -0.1) is 0 Å². The summed E-state index contributed by atoms with van der Waals surface area (Å²) in [6.07, 6.45) is 1.15. The second-order valence-electron chi connectivity index (χ2n) is 3.19. The number of nitrogens with zero attached hydrogens (tertiary/aromatic N) is 3. The molecule has 17 heavy (non-hydrogen) atoms. The van der Waals surface area contributed by atoms with Crippen molar-refractivity contribution in [2.75, 3.05) is 17.7 Å². The molecule has 0 radical (unpaired) electrons. The molecule has 0 bridgehead atoms. The molecular weight excluding hydrogens is 228 g/mol. The lowest BCUT2D eigenvalue weighted by Crippen LogP contribution is -2.33. The van der Waals surface area contributed by atoms with E-state index < -0.39 is 16.9 Å². The predicted octanol–water partition coefficient (Wildman–Crippen LogP) is -0.288. The topological polar surface area (TPSA) is 136 Å². The third-order valence-corrected chi connectivity index (χ3v) is 2.02. The van der Waals surface area contributed by atoms with Crippen molar-refractivity contribution in [3.8, 4) is 0 Å². The van der Waals surface area contributed by atoms with Crippen molar-refractivity contribution < 1.29 is 9.72 Å². The van der Waals surface area contributed by atoms with Gasteiger partial charge in [0.15, 0.2) is 0 Å². The molecule has 1 aromatic heterocycles. The minimum atomic E-state index is -0.770. The van der Waals surface area contributed by atoms with E-state index in [0.29, 0.717) is 0 Å². The van der Waals surface area contributed by atoms with Crippen molar-refractivity contribution in [2.45, 2.75) is 13.0 Å². The van der Waals surface area contributed by atoms with Crippen molar-refractivity contribution in [2.24, 2.45) is 5.73 Å². The van der Waals surface area contributed by atoms with Crippen molar-refractivity contribution in [3.05, 3.63) is 16.4 Å². The van der Waals surface area contributed by atoms with E-state index in [1.54, 1.807) is 0 Å². The first-order valence-electron chi connectivity index (χ1n) is 4.70. The van der Waals surface area contributed by atoms with E-state index >= 15 is 0 Å². The number of primary amides is 1. The molecule has 1 aromatic rings. The lowest BCUT2D eigenvalue weighted by Gasteiger charge is -2.11. The fourth-order valence-electron chi connectivity index (χ4n) is 1.12. The van der Waals surface area contributed by atoms with Crippen LogP contribution in [-0.4, -0.2) is 33.9 Å². The minimum absolute atomic E-state index is 0.0550. The van der Waals surface area contributed by atoms with Gasteiger partial charge in [0.25, 0.3) is 0 Å². The second-order valence-corrected chi connectivity index (χ2v) is 3.19. The standard InChI is InChI=1S/C8H12N6O3/c1-4(6(9)15)13-8-5(14(16)17)7(10-2)11-3-12-8/h3-4H,1-2H3,(H2,9,15)(H2,10,11,12,13). The summed E-state index contributed by atoms with van der Waals surface area (Å²) < 4.78 is 0. The number of anilines is 2. The van der Waals surface area contributed by atoms with Crippen LogP contribution in [0.5, 0.6) is 0 Å². The molecule has 1 rings (SSSR count). The third-order valence-electron chi connectivity index (χ3n) is 2.02. The molecule has 0 fully saturated rings. The summed E-state index contributed by atoms with van der Waals surface area (Å²) in [4.78, 5) is 28.5. The number of hydrogen-bond donors (Lipinski definition) is 3. The molecule has 0 aliphatic rings.